The van der Waals surface area contributed by atoms with Gasteiger partial charge >= 0.3 is 0 Å². The number of benzene rings is 3. The number of nitrogens with zero attached hydrogens (tertiary/aromatic N) is 1. The van der Waals surface area contributed by atoms with E-state index in [-0.39, 0.29) is 4.90 Å². The molecule has 0 fully saturated rings. The lowest BCUT2D eigenvalue weighted by atomic mass is 9.89. The molecule has 3 aromatic rings. The molecule has 0 saturated heterocycles. The van der Waals surface area contributed by atoms with E-state index in [1.54, 1.807) is 24.3 Å². The first-order valence-electron chi connectivity index (χ1n) is 8.60. The second kappa shape index (κ2) is 8.17. The minimum atomic E-state index is -3.79. The molecule has 0 aliphatic heterocycles. The van der Waals surface area contributed by atoms with E-state index in [4.69, 9.17) is 0 Å². The van der Waals surface area contributed by atoms with Gasteiger partial charge in [-0.3, -0.25) is 0 Å². The van der Waals surface area contributed by atoms with Crippen molar-refractivity contribution in [1.82, 2.24) is 4.72 Å². The lowest BCUT2D eigenvalue weighted by Gasteiger charge is -2.24. The molecule has 0 amide bonds. The molecular formula is C22H20N2O2S. The molecule has 5 heteroatoms. The molecule has 27 heavy (non-hydrogen) atoms. The highest BCUT2D eigenvalue weighted by Crippen LogP contribution is 2.32. The standard InChI is InChI=1S/C22H20N2O2S/c1-17-12-14-20(15-13-17)27(25,26)24-22(19-10-6-3-7-11-19)21(16-23)18-8-4-2-5-9-18/h2-15,21-22,24H,1H3/t21-,22-/m1/s1. The lowest BCUT2D eigenvalue weighted by molar-refractivity contribution is 0.539. The summed E-state index contributed by atoms with van der Waals surface area (Å²) >= 11 is 0. The summed E-state index contributed by atoms with van der Waals surface area (Å²) in [4.78, 5) is 0.179. The van der Waals surface area contributed by atoms with Gasteiger partial charge in [-0.2, -0.15) is 5.26 Å². The predicted molar refractivity (Wildman–Crippen MR) is 105 cm³/mol. The van der Waals surface area contributed by atoms with E-state index in [9.17, 15) is 13.7 Å². The second-order valence-electron chi connectivity index (χ2n) is 6.34. The van der Waals surface area contributed by atoms with Crippen LogP contribution >= 0.6 is 0 Å². The van der Waals surface area contributed by atoms with Crippen LogP contribution in [0.3, 0.4) is 0 Å². The third-order valence-corrected chi connectivity index (χ3v) is 5.86. The van der Waals surface area contributed by atoms with Gasteiger partial charge in [0, 0.05) is 0 Å². The molecule has 0 bridgehead atoms. The summed E-state index contributed by atoms with van der Waals surface area (Å²) in [5, 5.41) is 9.83. The summed E-state index contributed by atoms with van der Waals surface area (Å²) < 4.78 is 28.7. The Morgan fingerprint density at radius 2 is 1.33 bits per heavy atom. The normalized spacial score (nSPS) is 13.5. The zero-order chi connectivity index (χ0) is 19.3. The van der Waals surface area contributed by atoms with Crippen molar-refractivity contribution < 1.29 is 8.42 Å². The Balaban J connectivity index is 2.03. The monoisotopic (exact) mass is 376 g/mol. The minimum Gasteiger partial charge on any atom is -0.207 e. The van der Waals surface area contributed by atoms with E-state index in [1.807, 2.05) is 67.6 Å². The molecule has 0 radical (unpaired) electrons. The number of hydrogen-bond acceptors (Lipinski definition) is 3. The van der Waals surface area contributed by atoms with Crippen molar-refractivity contribution in [3.63, 3.8) is 0 Å². The first-order chi connectivity index (χ1) is 13.0. The van der Waals surface area contributed by atoms with Crippen molar-refractivity contribution in [2.45, 2.75) is 23.8 Å². The van der Waals surface area contributed by atoms with Crippen LogP contribution in [0.4, 0.5) is 0 Å². The van der Waals surface area contributed by atoms with Gasteiger partial charge in [0.15, 0.2) is 0 Å². The van der Waals surface area contributed by atoms with Gasteiger partial charge in [-0.15, -0.1) is 0 Å². The van der Waals surface area contributed by atoms with Crippen LogP contribution in [0.15, 0.2) is 89.8 Å². The Morgan fingerprint density at radius 1 is 0.815 bits per heavy atom. The molecule has 3 aromatic carbocycles. The summed E-state index contributed by atoms with van der Waals surface area (Å²) in [6.07, 6.45) is 0. The van der Waals surface area contributed by atoms with Crippen LogP contribution < -0.4 is 4.72 Å². The smallest absolute Gasteiger partial charge is 0.207 e. The van der Waals surface area contributed by atoms with Crippen LogP contribution in [-0.4, -0.2) is 8.42 Å². The summed E-state index contributed by atoms with van der Waals surface area (Å²) in [5.74, 6) is -0.658. The molecule has 0 spiro atoms. The fraction of sp³-hybridized carbons (Fsp3) is 0.136. The Bertz CT molecular complexity index is 1030. The molecule has 4 nitrogen and oxygen atoms in total. The van der Waals surface area contributed by atoms with Crippen molar-refractivity contribution in [2.24, 2.45) is 0 Å². The lowest BCUT2D eigenvalue weighted by Crippen LogP contribution is -2.32. The molecule has 0 aromatic heterocycles. The number of rotatable bonds is 6. The molecule has 0 aliphatic rings. The van der Waals surface area contributed by atoms with E-state index >= 15 is 0 Å². The maximum atomic E-state index is 13.0. The quantitative estimate of drug-likeness (QED) is 0.696. The van der Waals surface area contributed by atoms with Gasteiger partial charge in [-0.1, -0.05) is 78.4 Å². The zero-order valence-corrected chi connectivity index (χ0v) is 15.7. The first kappa shape index (κ1) is 18.8. The second-order valence-corrected chi connectivity index (χ2v) is 8.05. The van der Waals surface area contributed by atoms with E-state index in [0.717, 1.165) is 16.7 Å². The Morgan fingerprint density at radius 3 is 1.85 bits per heavy atom. The average Bonchev–Trinajstić information content (AvgIpc) is 2.69. The van der Waals surface area contributed by atoms with Gasteiger partial charge in [0.2, 0.25) is 10.0 Å². The number of nitriles is 1. The van der Waals surface area contributed by atoms with E-state index in [2.05, 4.69) is 10.8 Å². The van der Waals surface area contributed by atoms with Crippen LogP contribution in [-0.2, 0) is 10.0 Å². The molecule has 1 N–H and O–H groups in total. The van der Waals surface area contributed by atoms with E-state index < -0.39 is 22.0 Å². The zero-order valence-electron chi connectivity index (χ0n) is 14.9. The minimum absolute atomic E-state index is 0.179. The fourth-order valence-corrected chi connectivity index (χ4v) is 4.18. The van der Waals surface area contributed by atoms with Crippen LogP contribution in [0.1, 0.15) is 28.7 Å². The average molecular weight is 376 g/mol. The highest BCUT2D eigenvalue weighted by atomic mass is 32.2. The van der Waals surface area contributed by atoms with Crippen LogP contribution in [0.2, 0.25) is 0 Å². The maximum Gasteiger partial charge on any atom is 0.241 e. The van der Waals surface area contributed by atoms with E-state index in [0.29, 0.717) is 0 Å². The summed E-state index contributed by atoms with van der Waals surface area (Å²) in [6.45, 7) is 1.90. The van der Waals surface area contributed by atoms with Crippen molar-refractivity contribution in [3.8, 4) is 6.07 Å². The van der Waals surface area contributed by atoms with Crippen molar-refractivity contribution >= 4 is 10.0 Å². The first-order valence-corrected chi connectivity index (χ1v) is 10.1. The number of nitrogens with one attached hydrogen (secondary N) is 1. The Hall–Kier alpha value is -2.94. The van der Waals surface area contributed by atoms with Crippen LogP contribution in [0, 0.1) is 18.3 Å². The van der Waals surface area contributed by atoms with Gasteiger partial charge < -0.3 is 0 Å². The van der Waals surface area contributed by atoms with Crippen LogP contribution in [0.25, 0.3) is 0 Å². The van der Waals surface area contributed by atoms with Gasteiger partial charge in [0.25, 0.3) is 0 Å². The maximum absolute atomic E-state index is 13.0. The van der Waals surface area contributed by atoms with Gasteiger partial charge in [0.1, 0.15) is 0 Å². The van der Waals surface area contributed by atoms with Gasteiger partial charge in [-0.25, -0.2) is 13.1 Å². The van der Waals surface area contributed by atoms with Crippen molar-refractivity contribution in [2.75, 3.05) is 0 Å². The van der Waals surface area contributed by atoms with Crippen molar-refractivity contribution in [3.05, 3.63) is 102 Å². The topological polar surface area (TPSA) is 70.0 Å². The van der Waals surface area contributed by atoms with Crippen LogP contribution in [0.5, 0.6) is 0 Å². The van der Waals surface area contributed by atoms with Gasteiger partial charge in [0.05, 0.1) is 22.9 Å². The third kappa shape index (κ3) is 4.43. The number of aryl methyl sites for hydroxylation is 1. The summed E-state index contributed by atoms with van der Waals surface area (Å²) in [5.41, 5.74) is 2.48. The highest BCUT2D eigenvalue weighted by molar-refractivity contribution is 7.89. The molecular weight excluding hydrogens is 356 g/mol. The van der Waals surface area contributed by atoms with Crippen molar-refractivity contribution in [1.29, 1.82) is 5.26 Å². The summed E-state index contributed by atoms with van der Waals surface area (Å²) in [6, 6.07) is 26.6. The largest absolute Gasteiger partial charge is 0.241 e. The third-order valence-electron chi connectivity index (χ3n) is 4.40. The number of hydrogen-bond donors (Lipinski definition) is 1. The Kier molecular flexibility index (Phi) is 5.70. The fourth-order valence-electron chi connectivity index (χ4n) is 2.94. The highest BCUT2D eigenvalue weighted by Gasteiger charge is 2.29. The van der Waals surface area contributed by atoms with E-state index in [1.165, 1.54) is 0 Å². The predicted octanol–water partition coefficient (Wildman–Crippen LogP) is 4.32. The number of sulfonamides is 1. The molecule has 2 atom stereocenters. The summed E-state index contributed by atoms with van der Waals surface area (Å²) in [7, 11) is -3.79. The molecule has 0 unspecified atom stereocenters. The molecule has 136 valence electrons. The van der Waals surface area contributed by atoms with Gasteiger partial charge in [-0.05, 0) is 30.2 Å². The molecule has 0 saturated carbocycles. The molecule has 0 heterocycles. The molecule has 3 rings (SSSR count). The molecule has 0 aliphatic carbocycles. The Labute approximate surface area is 160 Å². The SMILES string of the molecule is Cc1ccc(S(=O)(=O)N[C@H](c2ccccc2)[C@H](C#N)c2ccccc2)cc1.